The van der Waals surface area contributed by atoms with Crippen molar-refractivity contribution in [2.75, 3.05) is 0 Å². The van der Waals surface area contributed by atoms with Crippen molar-refractivity contribution in [1.29, 1.82) is 0 Å². The van der Waals surface area contributed by atoms with E-state index in [1.165, 1.54) is 58.1 Å². The molecule has 0 aromatic carbocycles. The molecule has 0 aliphatic heterocycles. The first-order valence-electron chi connectivity index (χ1n) is 8.77. The fourth-order valence-corrected chi connectivity index (χ4v) is 2.53. The number of esters is 1. The van der Waals surface area contributed by atoms with Crippen LogP contribution in [0, 0.1) is 17.8 Å². The maximum absolute atomic E-state index is 10.6. The molecule has 0 radical (unpaired) electrons. The summed E-state index contributed by atoms with van der Waals surface area (Å²) in [5.41, 5.74) is 0. The first-order chi connectivity index (χ1) is 9.95. The van der Waals surface area contributed by atoms with Gasteiger partial charge in [-0.15, -0.1) is 0 Å². The molecule has 0 N–H and O–H groups in total. The molecule has 0 rings (SSSR count). The zero-order valence-corrected chi connectivity index (χ0v) is 14.9. The lowest BCUT2D eigenvalue weighted by atomic mass is 9.92. The predicted octanol–water partition coefficient (Wildman–Crippen LogP) is 6.11. The van der Waals surface area contributed by atoms with Gasteiger partial charge in [-0.25, -0.2) is 0 Å². The molecule has 3 atom stereocenters. The van der Waals surface area contributed by atoms with Crippen molar-refractivity contribution in [3.8, 4) is 0 Å². The summed E-state index contributed by atoms with van der Waals surface area (Å²) in [4.78, 5) is 10.6. The number of carbonyl (C=O) groups excluding carboxylic acids is 1. The highest BCUT2D eigenvalue weighted by molar-refractivity contribution is 5.66. The van der Waals surface area contributed by atoms with Crippen LogP contribution in [0.15, 0.2) is 12.3 Å². The normalized spacial score (nSPS) is 15.9. The van der Waals surface area contributed by atoms with Gasteiger partial charge in [-0.1, -0.05) is 72.6 Å². The van der Waals surface area contributed by atoms with Crippen molar-refractivity contribution in [1.82, 2.24) is 0 Å². The topological polar surface area (TPSA) is 26.3 Å². The minimum absolute atomic E-state index is 0.245. The molecule has 2 heteroatoms. The number of ether oxygens (including phenoxy) is 1. The Labute approximate surface area is 132 Å². The van der Waals surface area contributed by atoms with Crippen molar-refractivity contribution >= 4 is 5.97 Å². The van der Waals surface area contributed by atoms with Crippen LogP contribution in [0.5, 0.6) is 0 Å². The third-order valence-electron chi connectivity index (χ3n) is 4.35. The van der Waals surface area contributed by atoms with Crippen LogP contribution in [0.25, 0.3) is 0 Å². The van der Waals surface area contributed by atoms with E-state index in [2.05, 4.69) is 27.7 Å². The Morgan fingerprint density at radius 3 is 2.00 bits per heavy atom. The van der Waals surface area contributed by atoms with Crippen molar-refractivity contribution in [2.24, 2.45) is 17.8 Å². The number of carbonyl (C=O) groups is 1. The second-order valence-electron chi connectivity index (χ2n) is 6.80. The van der Waals surface area contributed by atoms with E-state index >= 15 is 0 Å². The van der Waals surface area contributed by atoms with Crippen LogP contribution in [0.3, 0.4) is 0 Å². The molecule has 0 heterocycles. The lowest BCUT2D eigenvalue weighted by Crippen LogP contribution is -2.00. The van der Waals surface area contributed by atoms with E-state index in [9.17, 15) is 4.79 Å². The third kappa shape index (κ3) is 13.9. The Morgan fingerprint density at radius 2 is 1.48 bits per heavy atom. The molecule has 21 heavy (non-hydrogen) atoms. The number of hydrogen-bond donors (Lipinski definition) is 0. The Morgan fingerprint density at radius 1 is 0.952 bits per heavy atom. The van der Waals surface area contributed by atoms with Crippen molar-refractivity contribution in [3.63, 3.8) is 0 Å². The second kappa shape index (κ2) is 12.9. The maximum Gasteiger partial charge on any atom is 0.307 e. The minimum Gasteiger partial charge on any atom is -0.435 e. The van der Waals surface area contributed by atoms with Gasteiger partial charge in [0.05, 0.1) is 6.26 Å². The van der Waals surface area contributed by atoms with E-state index in [-0.39, 0.29) is 5.97 Å². The molecular formula is C19H36O2. The smallest absolute Gasteiger partial charge is 0.307 e. The molecule has 0 bridgehead atoms. The molecule has 0 aromatic heterocycles. The lowest BCUT2D eigenvalue weighted by molar-refractivity contribution is -0.135. The van der Waals surface area contributed by atoms with Crippen molar-refractivity contribution in [2.45, 2.75) is 86.0 Å². The van der Waals surface area contributed by atoms with Gasteiger partial charge in [0.2, 0.25) is 0 Å². The van der Waals surface area contributed by atoms with Crippen LogP contribution in [-0.4, -0.2) is 5.97 Å². The quantitative estimate of drug-likeness (QED) is 0.321. The summed E-state index contributed by atoms with van der Waals surface area (Å²) < 4.78 is 4.79. The van der Waals surface area contributed by atoms with Gasteiger partial charge < -0.3 is 4.74 Å². The highest BCUT2D eigenvalue weighted by Gasteiger charge is 2.06. The molecule has 0 saturated carbocycles. The van der Waals surface area contributed by atoms with E-state index in [0.717, 1.165) is 18.3 Å². The Bertz CT molecular complexity index is 283. The van der Waals surface area contributed by atoms with Gasteiger partial charge in [-0.3, -0.25) is 4.79 Å². The number of hydrogen-bond acceptors (Lipinski definition) is 2. The van der Waals surface area contributed by atoms with Gasteiger partial charge in [0.15, 0.2) is 0 Å². The molecule has 0 fully saturated rings. The van der Waals surface area contributed by atoms with Crippen LogP contribution in [-0.2, 0) is 9.53 Å². The van der Waals surface area contributed by atoms with E-state index < -0.39 is 0 Å². The predicted molar refractivity (Wildman–Crippen MR) is 91.0 cm³/mol. The summed E-state index contributed by atoms with van der Waals surface area (Å²) in [7, 11) is 0. The zero-order chi connectivity index (χ0) is 16.1. The van der Waals surface area contributed by atoms with Gasteiger partial charge in [0.1, 0.15) is 0 Å². The molecule has 0 saturated heterocycles. The Hall–Kier alpha value is -0.790. The monoisotopic (exact) mass is 296 g/mol. The molecule has 0 aromatic rings. The first-order valence-corrected chi connectivity index (χ1v) is 8.77. The van der Waals surface area contributed by atoms with Crippen LogP contribution >= 0.6 is 0 Å². The summed E-state index contributed by atoms with van der Waals surface area (Å²) in [6.45, 7) is 10.7. The van der Waals surface area contributed by atoms with Gasteiger partial charge in [-0.05, 0) is 30.3 Å². The second-order valence-corrected chi connectivity index (χ2v) is 6.80. The molecule has 3 unspecified atom stereocenters. The first kappa shape index (κ1) is 20.2. The Kier molecular flexibility index (Phi) is 12.4. The van der Waals surface area contributed by atoms with Crippen LogP contribution < -0.4 is 0 Å². The van der Waals surface area contributed by atoms with E-state index in [4.69, 9.17) is 4.74 Å². The number of rotatable bonds is 12. The highest BCUT2D eigenvalue weighted by Crippen LogP contribution is 2.21. The summed E-state index contributed by atoms with van der Waals surface area (Å²) >= 11 is 0. The average Bonchev–Trinajstić information content (AvgIpc) is 2.43. The largest absolute Gasteiger partial charge is 0.435 e. The maximum atomic E-state index is 10.6. The SMILES string of the molecule is CCC(C)CCCC(C)CCCC(C)CC=COC(C)=O. The van der Waals surface area contributed by atoms with Crippen molar-refractivity contribution < 1.29 is 9.53 Å². The van der Waals surface area contributed by atoms with Gasteiger partial charge >= 0.3 is 5.97 Å². The fourth-order valence-electron chi connectivity index (χ4n) is 2.53. The van der Waals surface area contributed by atoms with Crippen LogP contribution in [0.1, 0.15) is 86.0 Å². The molecule has 124 valence electrons. The summed E-state index contributed by atoms with van der Waals surface area (Å²) in [5, 5.41) is 0. The van der Waals surface area contributed by atoms with E-state index in [1.807, 2.05) is 6.08 Å². The summed E-state index contributed by atoms with van der Waals surface area (Å²) in [6.07, 6.45) is 13.9. The van der Waals surface area contributed by atoms with Gasteiger partial charge in [0, 0.05) is 6.92 Å². The Balaban J connectivity index is 3.54. The van der Waals surface area contributed by atoms with Crippen LogP contribution in [0.2, 0.25) is 0 Å². The summed E-state index contributed by atoms with van der Waals surface area (Å²) in [5.74, 6) is 2.17. The summed E-state index contributed by atoms with van der Waals surface area (Å²) in [6, 6.07) is 0. The van der Waals surface area contributed by atoms with Gasteiger partial charge in [-0.2, -0.15) is 0 Å². The number of allylic oxidation sites excluding steroid dienone is 1. The lowest BCUT2D eigenvalue weighted by Gasteiger charge is -2.14. The average molecular weight is 296 g/mol. The molecule has 0 aliphatic rings. The van der Waals surface area contributed by atoms with Gasteiger partial charge in [0.25, 0.3) is 0 Å². The van der Waals surface area contributed by atoms with E-state index in [1.54, 1.807) is 0 Å². The molecule has 0 aliphatic carbocycles. The minimum atomic E-state index is -0.245. The van der Waals surface area contributed by atoms with Crippen molar-refractivity contribution in [3.05, 3.63) is 12.3 Å². The molecular weight excluding hydrogens is 260 g/mol. The van der Waals surface area contributed by atoms with E-state index in [0.29, 0.717) is 5.92 Å². The van der Waals surface area contributed by atoms with Crippen LogP contribution in [0.4, 0.5) is 0 Å². The molecule has 0 spiro atoms. The zero-order valence-electron chi connectivity index (χ0n) is 14.9. The third-order valence-corrected chi connectivity index (χ3v) is 4.35. The standard InChI is InChI=1S/C19H36O2/c1-6-16(2)10-7-11-17(3)12-8-13-18(4)14-9-15-21-19(5)20/h9,15-18H,6-8,10-14H2,1-5H3. The molecule has 2 nitrogen and oxygen atoms in total. The fraction of sp³-hybridized carbons (Fsp3) is 0.842. The molecule has 0 amide bonds. The highest BCUT2D eigenvalue weighted by atomic mass is 16.5.